The number of nitrogens with zero attached hydrogens (tertiary/aromatic N) is 1. The van der Waals surface area contributed by atoms with Crippen molar-refractivity contribution in [2.75, 3.05) is 5.73 Å². The van der Waals surface area contributed by atoms with Gasteiger partial charge >= 0.3 is 5.97 Å². The molecule has 1 heterocycles. The molecule has 1 atom stereocenters. The standard InChI is InChI=1S/C17H15N3O4/c18-17-20-12-9-11(6-7-14(12)24-17)15(21)19-13(16(22)23)8-10-4-2-1-3-5-10/h1-7,9,13H,8H2,(H2,18,20)(H,19,21)(H,22,23)/t13-/m0/s1. The van der Waals surface area contributed by atoms with Gasteiger partial charge in [0.2, 0.25) is 0 Å². The molecule has 0 fully saturated rings. The van der Waals surface area contributed by atoms with Crippen molar-refractivity contribution in [1.29, 1.82) is 0 Å². The molecule has 0 radical (unpaired) electrons. The highest BCUT2D eigenvalue weighted by Crippen LogP contribution is 2.18. The fourth-order valence-corrected chi connectivity index (χ4v) is 2.38. The van der Waals surface area contributed by atoms with Gasteiger partial charge in [-0.15, -0.1) is 0 Å². The molecule has 0 saturated carbocycles. The molecular formula is C17H15N3O4. The van der Waals surface area contributed by atoms with Crippen LogP contribution in [0.5, 0.6) is 0 Å². The number of nitrogens with two attached hydrogens (primary N) is 1. The van der Waals surface area contributed by atoms with E-state index in [0.29, 0.717) is 11.1 Å². The third kappa shape index (κ3) is 3.35. The van der Waals surface area contributed by atoms with Gasteiger partial charge in [-0.25, -0.2) is 4.79 Å². The molecule has 0 unspecified atom stereocenters. The molecule has 7 nitrogen and oxygen atoms in total. The van der Waals surface area contributed by atoms with Crippen LogP contribution >= 0.6 is 0 Å². The minimum absolute atomic E-state index is 0.00930. The predicted octanol–water partition coefficient (Wildman–Crippen LogP) is 1.84. The summed E-state index contributed by atoms with van der Waals surface area (Å²) in [6.07, 6.45) is 0.196. The number of hydrogen-bond acceptors (Lipinski definition) is 5. The Morgan fingerprint density at radius 1 is 1.21 bits per heavy atom. The molecule has 122 valence electrons. The average Bonchev–Trinajstić information content (AvgIpc) is 2.94. The molecule has 0 aliphatic rings. The number of amides is 1. The number of carbonyl (C=O) groups is 2. The summed E-state index contributed by atoms with van der Waals surface area (Å²) in [5.41, 5.74) is 7.48. The SMILES string of the molecule is Nc1nc2cc(C(=O)N[C@@H](Cc3ccccc3)C(=O)O)ccc2o1. The lowest BCUT2D eigenvalue weighted by Gasteiger charge is -2.14. The summed E-state index contributed by atoms with van der Waals surface area (Å²) in [5, 5.41) is 11.9. The molecule has 4 N–H and O–H groups in total. The van der Waals surface area contributed by atoms with Gasteiger partial charge in [-0.2, -0.15) is 4.98 Å². The minimum atomic E-state index is -1.10. The van der Waals surface area contributed by atoms with Crippen LogP contribution in [0.25, 0.3) is 11.1 Å². The summed E-state index contributed by atoms with van der Waals surface area (Å²) in [4.78, 5) is 27.7. The van der Waals surface area contributed by atoms with Crippen LogP contribution < -0.4 is 11.1 Å². The van der Waals surface area contributed by atoms with Crippen LogP contribution in [0.1, 0.15) is 15.9 Å². The van der Waals surface area contributed by atoms with Crippen LogP contribution in [0.4, 0.5) is 6.01 Å². The van der Waals surface area contributed by atoms with Gasteiger partial charge in [-0.3, -0.25) is 4.79 Å². The van der Waals surface area contributed by atoms with Gasteiger partial charge in [-0.05, 0) is 23.8 Å². The van der Waals surface area contributed by atoms with Crippen molar-refractivity contribution in [2.45, 2.75) is 12.5 Å². The molecule has 24 heavy (non-hydrogen) atoms. The number of benzene rings is 2. The summed E-state index contributed by atoms with van der Waals surface area (Å²) in [7, 11) is 0. The van der Waals surface area contributed by atoms with Crippen molar-refractivity contribution >= 4 is 29.0 Å². The van der Waals surface area contributed by atoms with Crippen LogP contribution in [0.15, 0.2) is 52.9 Å². The quantitative estimate of drug-likeness (QED) is 0.658. The largest absolute Gasteiger partial charge is 0.480 e. The maximum atomic E-state index is 12.3. The zero-order chi connectivity index (χ0) is 17.1. The van der Waals surface area contributed by atoms with E-state index in [0.717, 1.165) is 5.56 Å². The van der Waals surface area contributed by atoms with E-state index >= 15 is 0 Å². The first-order valence-corrected chi connectivity index (χ1v) is 7.26. The predicted molar refractivity (Wildman–Crippen MR) is 87.5 cm³/mol. The van der Waals surface area contributed by atoms with Gasteiger partial charge < -0.3 is 20.6 Å². The topological polar surface area (TPSA) is 118 Å². The highest BCUT2D eigenvalue weighted by Gasteiger charge is 2.21. The first kappa shape index (κ1) is 15.5. The second-order valence-corrected chi connectivity index (χ2v) is 5.29. The van der Waals surface area contributed by atoms with Crippen LogP contribution in [0.2, 0.25) is 0 Å². The summed E-state index contributed by atoms with van der Waals surface area (Å²) >= 11 is 0. The van der Waals surface area contributed by atoms with Gasteiger partial charge in [0, 0.05) is 12.0 Å². The number of nitrogens with one attached hydrogen (secondary N) is 1. The van der Waals surface area contributed by atoms with Crippen LogP contribution in [0.3, 0.4) is 0 Å². The molecular weight excluding hydrogens is 310 g/mol. The van der Waals surface area contributed by atoms with Crippen molar-refractivity contribution in [3.8, 4) is 0 Å². The highest BCUT2D eigenvalue weighted by molar-refractivity contribution is 5.99. The second kappa shape index (κ2) is 6.41. The molecule has 7 heteroatoms. The van der Waals surface area contributed by atoms with Crippen molar-refractivity contribution in [3.05, 3.63) is 59.7 Å². The molecule has 0 bridgehead atoms. The van der Waals surface area contributed by atoms with Crippen molar-refractivity contribution in [2.24, 2.45) is 0 Å². The fourth-order valence-electron chi connectivity index (χ4n) is 2.38. The second-order valence-electron chi connectivity index (χ2n) is 5.29. The van der Waals surface area contributed by atoms with E-state index in [-0.39, 0.29) is 18.0 Å². The Kier molecular flexibility index (Phi) is 4.15. The Bertz CT molecular complexity index is 889. The van der Waals surface area contributed by atoms with Gasteiger partial charge in [0.15, 0.2) is 5.58 Å². The normalized spacial score (nSPS) is 12.0. The van der Waals surface area contributed by atoms with E-state index in [2.05, 4.69) is 10.3 Å². The molecule has 2 aromatic carbocycles. The Balaban J connectivity index is 1.78. The third-order valence-corrected chi connectivity index (χ3v) is 3.55. The Labute approximate surface area is 137 Å². The lowest BCUT2D eigenvalue weighted by molar-refractivity contribution is -0.139. The number of rotatable bonds is 5. The van der Waals surface area contributed by atoms with Gasteiger partial charge in [-0.1, -0.05) is 30.3 Å². The lowest BCUT2D eigenvalue weighted by atomic mass is 10.1. The minimum Gasteiger partial charge on any atom is -0.480 e. The molecule has 1 aromatic heterocycles. The van der Waals surface area contributed by atoms with E-state index < -0.39 is 17.9 Å². The number of nitrogen functional groups attached to an aromatic ring is 1. The van der Waals surface area contributed by atoms with E-state index in [1.807, 2.05) is 30.3 Å². The first-order chi connectivity index (χ1) is 11.5. The zero-order valence-electron chi connectivity index (χ0n) is 12.6. The summed E-state index contributed by atoms with van der Waals surface area (Å²) in [5.74, 6) is -1.60. The monoisotopic (exact) mass is 325 g/mol. The summed E-state index contributed by atoms with van der Waals surface area (Å²) in [6, 6.07) is 12.7. The maximum absolute atomic E-state index is 12.3. The number of oxazole rings is 1. The Morgan fingerprint density at radius 3 is 2.67 bits per heavy atom. The maximum Gasteiger partial charge on any atom is 0.326 e. The number of hydrogen-bond donors (Lipinski definition) is 3. The molecule has 0 spiro atoms. The Morgan fingerprint density at radius 2 is 1.96 bits per heavy atom. The molecule has 0 aliphatic carbocycles. The van der Waals surface area contributed by atoms with E-state index in [9.17, 15) is 14.7 Å². The fraction of sp³-hybridized carbons (Fsp3) is 0.118. The van der Waals surface area contributed by atoms with E-state index in [1.54, 1.807) is 6.07 Å². The van der Waals surface area contributed by atoms with Gasteiger partial charge in [0.05, 0.1) is 0 Å². The van der Waals surface area contributed by atoms with Gasteiger partial charge in [0.1, 0.15) is 11.6 Å². The number of carbonyl (C=O) groups excluding carboxylic acids is 1. The summed E-state index contributed by atoms with van der Waals surface area (Å²) in [6.45, 7) is 0. The molecule has 3 rings (SSSR count). The van der Waals surface area contributed by atoms with Crippen molar-refractivity contribution < 1.29 is 19.1 Å². The number of fused-ring (bicyclic) bond motifs is 1. The number of carboxylic acids is 1. The molecule has 0 saturated heterocycles. The lowest BCUT2D eigenvalue weighted by Crippen LogP contribution is -2.42. The number of aromatic nitrogens is 1. The number of carboxylic acid groups (broad SMARTS) is 1. The van der Waals surface area contributed by atoms with E-state index in [1.165, 1.54) is 12.1 Å². The Hall–Kier alpha value is -3.35. The van der Waals surface area contributed by atoms with Crippen molar-refractivity contribution in [1.82, 2.24) is 10.3 Å². The van der Waals surface area contributed by atoms with Crippen LogP contribution in [-0.2, 0) is 11.2 Å². The van der Waals surface area contributed by atoms with Crippen LogP contribution in [-0.4, -0.2) is 28.0 Å². The average molecular weight is 325 g/mol. The van der Waals surface area contributed by atoms with Crippen molar-refractivity contribution in [3.63, 3.8) is 0 Å². The smallest absolute Gasteiger partial charge is 0.326 e. The third-order valence-electron chi connectivity index (χ3n) is 3.55. The zero-order valence-corrected chi connectivity index (χ0v) is 12.6. The van der Waals surface area contributed by atoms with Gasteiger partial charge in [0.25, 0.3) is 11.9 Å². The number of anilines is 1. The highest BCUT2D eigenvalue weighted by atomic mass is 16.4. The number of aliphatic carboxylic acids is 1. The first-order valence-electron chi connectivity index (χ1n) is 7.26. The molecule has 0 aliphatic heterocycles. The summed E-state index contributed by atoms with van der Waals surface area (Å²) < 4.78 is 5.14. The molecule has 3 aromatic rings. The van der Waals surface area contributed by atoms with E-state index in [4.69, 9.17) is 10.2 Å². The molecule has 1 amide bonds. The van der Waals surface area contributed by atoms with Crippen LogP contribution in [0, 0.1) is 0 Å².